The molecule has 27 heavy (non-hydrogen) atoms. The van der Waals surface area contributed by atoms with Crippen LogP contribution in [-0.2, 0) is 12.7 Å². The maximum absolute atomic E-state index is 12.8. The number of anilines is 1. The van der Waals surface area contributed by atoms with Crippen molar-refractivity contribution in [3.63, 3.8) is 0 Å². The Morgan fingerprint density at radius 2 is 1.63 bits per heavy atom. The zero-order valence-corrected chi connectivity index (χ0v) is 15.8. The lowest BCUT2D eigenvalue weighted by Crippen LogP contribution is -2.28. The summed E-state index contributed by atoms with van der Waals surface area (Å²) in [4.78, 5) is 0. The number of rotatable bonds is 6. The summed E-state index contributed by atoms with van der Waals surface area (Å²) in [6.45, 7) is 0.307. The summed E-state index contributed by atoms with van der Waals surface area (Å²) in [5.41, 5.74) is 0.282. The maximum atomic E-state index is 12.8. The third kappa shape index (κ3) is 5.40. The highest BCUT2D eigenvalue weighted by molar-refractivity contribution is 7.80. The van der Waals surface area contributed by atoms with E-state index in [9.17, 15) is 13.2 Å². The van der Waals surface area contributed by atoms with Gasteiger partial charge in [-0.1, -0.05) is 6.07 Å². The molecule has 2 aromatic carbocycles. The average molecular weight is 400 g/mol. The number of halogens is 3. The van der Waals surface area contributed by atoms with Gasteiger partial charge in [-0.05, 0) is 48.1 Å². The van der Waals surface area contributed by atoms with Crippen LogP contribution in [0.3, 0.4) is 0 Å². The SMILES string of the molecule is COc1cc(CNC(=S)Nc2cccc(C(F)(F)F)c2)cc(OC)c1OC. The highest BCUT2D eigenvalue weighted by Gasteiger charge is 2.30. The van der Waals surface area contributed by atoms with Gasteiger partial charge in [-0.2, -0.15) is 13.2 Å². The van der Waals surface area contributed by atoms with Crippen molar-refractivity contribution in [3.8, 4) is 17.2 Å². The average Bonchev–Trinajstić information content (AvgIpc) is 2.64. The van der Waals surface area contributed by atoms with Crippen molar-refractivity contribution in [2.75, 3.05) is 26.6 Å². The minimum Gasteiger partial charge on any atom is -0.493 e. The Bertz CT molecular complexity index is 788. The van der Waals surface area contributed by atoms with Crippen molar-refractivity contribution in [3.05, 3.63) is 47.5 Å². The van der Waals surface area contributed by atoms with Gasteiger partial charge in [-0.25, -0.2) is 0 Å². The predicted molar refractivity (Wildman–Crippen MR) is 101 cm³/mol. The van der Waals surface area contributed by atoms with E-state index < -0.39 is 11.7 Å². The van der Waals surface area contributed by atoms with Gasteiger partial charge >= 0.3 is 6.18 Å². The van der Waals surface area contributed by atoms with Crippen LogP contribution >= 0.6 is 12.2 Å². The summed E-state index contributed by atoms with van der Waals surface area (Å²) < 4.78 is 54.1. The van der Waals surface area contributed by atoms with Crippen LogP contribution in [0, 0.1) is 0 Å². The smallest absolute Gasteiger partial charge is 0.416 e. The maximum Gasteiger partial charge on any atom is 0.416 e. The van der Waals surface area contributed by atoms with Crippen molar-refractivity contribution < 1.29 is 27.4 Å². The Morgan fingerprint density at radius 3 is 2.15 bits per heavy atom. The molecule has 0 aliphatic rings. The Labute approximate surface area is 160 Å². The van der Waals surface area contributed by atoms with Crippen molar-refractivity contribution in [1.29, 1.82) is 0 Å². The quantitative estimate of drug-likeness (QED) is 0.709. The molecule has 0 radical (unpaired) electrons. The molecule has 2 N–H and O–H groups in total. The second kappa shape index (κ2) is 8.81. The van der Waals surface area contributed by atoms with Crippen LogP contribution in [-0.4, -0.2) is 26.4 Å². The summed E-state index contributed by atoms with van der Waals surface area (Å²) in [6, 6.07) is 8.31. The monoisotopic (exact) mass is 400 g/mol. The van der Waals surface area contributed by atoms with Crippen molar-refractivity contribution in [2.45, 2.75) is 12.7 Å². The molecule has 2 rings (SSSR count). The molecule has 0 aliphatic heterocycles. The van der Waals surface area contributed by atoms with Crippen molar-refractivity contribution in [2.24, 2.45) is 0 Å². The van der Waals surface area contributed by atoms with Gasteiger partial charge < -0.3 is 24.8 Å². The van der Waals surface area contributed by atoms with Crippen LogP contribution in [0.2, 0.25) is 0 Å². The minimum absolute atomic E-state index is 0.183. The molecule has 0 atom stereocenters. The number of hydrogen-bond acceptors (Lipinski definition) is 4. The number of nitrogens with one attached hydrogen (secondary N) is 2. The second-order valence-electron chi connectivity index (χ2n) is 5.42. The highest BCUT2D eigenvalue weighted by atomic mass is 32.1. The van der Waals surface area contributed by atoms with Crippen LogP contribution in [0.25, 0.3) is 0 Å². The largest absolute Gasteiger partial charge is 0.493 e. The Kier molecular flexibility index (Phi) is 6.73. The topological polar surface area (TPSA) is 51.8 Å². The molecule has 146 valence electrons. The van der Waals surface area contributed by atoms with E-state index in [0.29, 0.717) is 23.8 Å². The lowest BCUT2D eigenvalue weighted by atomic mass is 10.2. The lowest BCUT2D eigenvalue weighted by molar-refractivity contribution is -0.137. The van der Waals surface area contributed by atoms with Gasteiger partial charge in [0.25, 0.3) is 0 Å². The van der Waals surface area contributed by atoms with Gasteiger partial charge in [0, 0.05) is 12.2 Å². The Hall–Kier alpha value is -2.68. The summed E-state index contributed by atoms with van der Waals surface area (Å²) in [6.07, 6.45) is -4.41. The normalized spacial score (nSPS) is 10.9. The lowest BCUT2D eigenvalue weighted by Gasteiger charge is -2.16. The van der Waals surface area contributed by atoms with Gasteiger partial charge in [0.1, 0.15) is 0 Å². The van der Waals surface area contributed by atoms with Crippen molar-refractivity contribution in [1.82, 2.24) is 5.32 Å². The van der Waals surface area contributed by atoms with Crippen LogP contribution in [0.5, 0.6) is 17.2 Å². The van der Waals surface area contributed by atoms with E-state index >= 15 is 0 Å². The van der Waals surface area contributed by atoms with E-state index in [1.807, 2.05) is 0 Å². The third-order valence-electron chi connectivity index (χ3n) is 3.63. The first-order valence-corrected chi connectivity index (χ1v) is 8.20. The molecular formula is C18H19F3N2O3S. The number of alkyl halides is 3. The van der Waals surface area contributed by atoms with Gasteiger partial charge in [0.05, 0.1) is 26.9 Å². The molecule has 0 fully saturated rings. The number of benzene rings is 2. The fourth-order valence-electron chi connectivity index (χ4n) is 2.37. The standard InChI is InChI=1S/C18H19F3N2O3S/c1-24-14-7-11(8-15(25-2)16(14)26-3)10-22-17(27)23-13-6-4-5-12(9-13)18(19,20)21/h4-9H,10H2,1-3H3,(H2,22,23,27). The van der Waals surface area contributed by atoms with E-state index in [0.717, 1.165) is 17.7 Å². The molecule has 0 heterocycles. The molecule has 0 unspecified atom stereocenters. The molecule has 0 bridgehead atoms. The van der Waals surface area contributed by atoms with E-state index in [1.165, 1.54) is 33.5 Å². The molecule has 0 amide bonds. The van der Waals surface area contributed by atoms with Gasteiger partial charge in [0.15, 0.2) is 16.6 Å². The highest BCUT2D eigenvalue weighted by Crippen LogP contribution is 2.38. The van der Waals surface area contributed by atoms with Gasteiger partial charge in [-0.3, -0.25) is 0 Å². The van der Waals surface area contributed by atoms with E-state index in [1.54, 1.807) is 12.1 Å². The zero-order chi connectivity index (χ0) is 20.0. The second-order valence-corrected chi connectivity index (χ2v) is 5.83. The molecule has 9 heteroatoms. The Morgan fingerprint density at radius 1 is 1.00 bits per heavy atom. The Balaban J connectivity index is 2.06. The summed E-state index contributed by atoms with van der Waals surface area (Å²) >= 11 is 5.15. The van der Waals surface area contributed by atoms with Crippen LogP contribution in [0.1, 0.15) is 11.1 Å². The van der Waals surface area contributed by atoms with E-state index in [-0.39, 0.29) is 10.8 Å². The first-order chi connectivity index (χ1) is 12.8. The van der Waals surface area contributed by atoms with Crippen LogP contribution in [0.4, 0.5) is 18.9 Å². The van der Waals surface area contributed by atoms with Crippen LogP contribution < -0.4 is 24.8 Å². The number of thiocarbonyl (C=S) groups is 1. The van der Waals surface area contributed by atoms with Crippen molar-refractivity contribution >= 4 is 23.0 Å². The number of ether oxygens (including phenoxy) is 3. The molecule has 0 aliphatic carbocycles. The molecule has 0 aromatic heterocycles. The molecule has 2 aromatic rings. The fraction of sp³-hybridized carbons (Fsp3) is 0.278. The summed E-state index contributed by atoms with van der Waals surface area (Å²) in [7, 11) is 4.52. The molecule has 0 saturated heterocycles. The third-order valence-corrected chi connectivity index (χ3v) is 3.87. The first-order valence-electron chi connectivity index (χ1n) is 7.79. The fourth-order valence-corrected chi connectivity index (χ4v) is 2.56. The molecule has 5 nitrogen and oxygen atoms in total. The molecule has 0 saturated carbocycles. The number of hydrogen-bond donors (Lipinski definition) is 2. The van der Waals surface area contributed by atoms with Gasteiger partial charge in [-0.15, -0.1) is 0 Å². The minimum atomic E-state index is -4.41. The summed E-state index contributed by atoms with van der Waals surface area (Å²) in [5, 5.41) is 5.85. The zero-order valence-electron chi connectivity index (χ0n) is 14.9. The first kappa shape index (κ1) is 20.6. The summed E-state index contributed by atoms with van der Waals surface area (Å²) in [5.74, 6) is 1.45. The predicted octanol–water partition coefficient (Wildman–Crippen LogP) is 4.22. The molecule has 0 spiro atoms. The van der Waals surface area contributed by atoms with Crippen LogP contribution in [0.15, 0.2) is 36.4 Å². The van der Waals surface area contributed by atoms with Gasteiger partial charge in [0.2, 0.25) is 5.75 Å². The molecular weight excluding hydrogens is 381 g/mol. The van der Waals surface area contributed by atoms with E-state index in [2.05, 4.69) is 10.6 Å². The number of methoxy groups -OCH3 is 3. The van der Waals surface area contributed by atoms with E-state index in [4.69, 9.17) is 26.4 Å².